The lowest BCUT2D eigenvalue weighted by Gasteiger charge is -2.17. The lowest BCUT2D eigenvalue weighted by molar-refractivity contribution is 0.246. The minimum Gasteiger partial charge on any atom is -0.490 e. The van der Waals surface area contributed by atoms with Crippen molar-refractivity contribution in [2.75, 3.05) is 7.05 Å². The molecule has 9 nitrogen and oxygen atoms in total. The number of thioether (sulfide) groups is 1. The number of hydrogen-bond acceptors (Lipinski definition) is 8. The number of rotatable bonds is 7. The van der Waals surface area contributed by atoms with Gasteiger partial charge in [0, 0.05) is 77.6 Å². The third-order valence-corrected chi connectivity index (χ3v) is 6.21. The van der Waals surface area contributed by atoms with Gasteiger partial charge in [0.05, 0.1) is 17.8 Å². The van der Waals surface area contributed by atoms with E-state index in [0.717, 1.165) is 38.2 Å². The molecule has 36 heavy (non-hydrogen) atoms. The van der Waals surface area contributed by atoms with Crippen molar-refractivity contribution in [3.05, 3.63) is 72.4 Å². The van der Waals surface area contributed by atoms with Crippen LogP contribution >= 0.6 is 11.8 Å². The summed E-state index contributed by atoms with van der Waals surface area (Å²) in [6, 6.07) is 9.18. The van der Waals surface area contributed by atoms with Gasteiger partial charge in [0.1, 0.15) is 11.2 Å². The molecule has 1 aromatic carbocycles. The molecule has 0 atom stereocenters. The zero-order valence-electron chi connectivity index (χ0n) is 20.5. The van der Waals surface area contributed by atoms with Crippen molar-refractivity contribution in [3.8, 4) is 16.9 Å². The predicted octanol–water partition coefficient (Wildman–Crippen LogP) is 4.49. The van der Waals surface area contributed by atoms with Gasteiger partial charge in [-0.15, -0.1) is 0 Å². The third-order valence-electron chi connectivity index (χ3n) is 5.33. The second kappa shape index (κ2) is 10.6. The van der Waals surface area contributed by atoms with Gasteiger partial charge in [0.15, 0.2) is 5.17 Å². The molecule has 0 saturated heterocycles. The molecule has 0 fully saturated rings. The zero-order valence-corrected chi connectivity index (χ0v) is 21.4. The van der Waals surface area contributed by atoms with Crippen molar-refractivity contribution in [2.45, 2.75) is 24.8 Å². The first-order valence-corrected chi connectivity index (χ1v) is 12.1. The number of aryl methyl sites for hydroxylation is 1. The average molecular weight is 501 g/mol. The van der Waals surface area contributed by atoms with E-state index < -0.39 is 0 Å². The Hall–Kier alpha value is -4.18. The number of benzene rings is 1. The van der Waals surface area contributed by atoms with E-state index in [1.165, 1.54) is 22.5 Å². The molecular weight excluding hydrogens is 472 g/mol. The summed E-state index contributed by atoms with van der Waals surface area (Å²) in [5.74, 6) is 0.723. The first kappa shape index (κ1) is 24.9. The standard InChI is InChI=1S/C26H28N8OS/c1-16(2)35-25-21-9-20(6-7-23(21)31-13-22(25)19-12-32-33(4)14-19)36-26(29)34-15-17(5-8-24(34)28)18(10-27)11-30-3/h5-16,27-30H,1-4H3/b18-11+,27-10?,28-24?,29-26?. The van der Waals surface area contributed by atoms with Gasteiger partial charge in [-0.25, -0.2) is 0 Å². The van der Waals surface area contributed by atoms with Crippen LogP contribution in [0.2, 0.25) is 0 Å². The summed E-state index contributed by atoms with van der Waals surface area (Å²) >= 11 is 1.23. The number of nitrogens with one attached hydrogen (secondary N) is 4. The van der Waals surface area contributed by atoms with Gasteiger partial charge in [-0.05, 0) is 44.2 Å². The Kier molecular flexibility index (Phi) is 7.35. The van der Waals surface area contributed by atoms with Gasteiger partial charge in [-0.3, -0.25) is 25.1 Å². The second-order valence-corrected chi connectivity index (χ2v) is 9.42. The van der Waals surface area contributed by atoms with E-state index in [-0.39, 0.29) is 16.8 Å². The van der Waals surface area contributed by atoms with Crippen molar-refractivity contribution in [2.24, 2.45) is 7.05 Å². The SMILES string of the molecule is CN/C=C(\C=N)c1ccc(=N)n(C(=N)Sc2ccc3ncc(-c4cnn(C)c4)c(OC(C)C)c3c2)c1. The summed E-state index contributed by atoms with van der Waals surface area (Å²) in [5, 5.41) is 32.9. The molecule has 4 N–H and O–H groups in total. The number of fused-ring (bicyclic) bond motifs is 1. The molecule has 184 valence electrons. The summed E-state index contributed by atoms with van der Waals surface area (Å²) in [6.45, 7) is 3.97. The fourth-order valence-corrected chi connectivity index (χ4v) is 4.49. The highest BCUT2D eigenvalue weighted by Crippen LogP contribution is 2.38. The Morgan fingerprint density at radius 2 is 1.97 bits per heavy atom. The van der Waals surface area contributed by atoms with Gasteiger partial charge < -0.3 is 15.5 Å². The number of nitrogens with zero attached hydrogens (tertiary/aromatic N) is 4. The molecule has 3 heterocycles. The van der Waals surface area contributed by atoms with Gasteiger partial charge in [-0.1, -0.05) is 11.8 Å². The molecule has 0 amide bonds. The molecule has 0 aliphatic carbocycles. The zero-order chi connectivity index (χ0) is 25.8. The minimum atomic E-state index is -0.0431. The molecule has 0 radical (unpaired) electrons. The van der Waals surface area contributed by atoms with E-state index in [0.29, 0.717) is 5.57 Å². The van der Waals surface area contributed by atoms with Gasteiger partial charge in [0.25, 0.3) is 0 Å². The Morgan fingerprint density at radius 3 is 2.64 bits per heavy atom. The van der Waals surface area contributed by atoms with Crippen LogP contribution in [0.5, 0.6) is 5.75 Å². The van der Waals surface area contributed by atoms with Crippen LogP contribution in [0.4, 0.5) is 0 Å². The largest absolute Gasteiger partial charge is 0.490 e. The van der Waals surface area contributed by atoms with Crippen LogP contribution < -0.4 is 15.5 Å². The highest BCUT2D eigenvalue weighted by atomic mass is 32.2. The maximum absolute atomic E-state index is 8.71. The first-order valence-electron chi connectivity index (χ1n) is 11.3. The maximum atomic E-state index is 8.71. The summed E-state index contributed by atoms with van der Waals surface area (Å²) in [5.41, 5.74) is 4.12. The van der Waals surface area contributed by atoms with E-state index >= 15 is 0 Å². The highest BCUT2D eigenvalue weighted by molar-refractivity contribution is 8.13. The average Bonchev–Trinajstić information content (AvgIpc) is 3.29. The van der Waals surface area contributed by atoms with Gasteiger partial charge in [0.2, 0.25) is 0 Å². The van der Waals surface area contributed by atoms with Crippen LogP contribution in [-0.4, -0.2) is 43.9 Å². The Balaban J connectivity index is 1.74. The fraction of sp³-hybridized carbons (Fsp3) is 0.192. The molecule has 0 bridgehead atoms. The fourth-order valence-electron chi connectivity index (χ4n) is 3.70. The van der Waals surface area contributed by atoms with Gasteiger partial charge >= 0.3 is 0 Å². The molecule has 0 aliphatic heterocycles. The molecule has 10 heteroatoms. The van der Waals surface area contributed by atoms with E-state index in [4.69, 9.17) is 21.0 Å². The maximum Gasteiger partial charge on any atom is 0.171 e. The van der Waals surface area contributed by atoms with E-state index in [9.17, 15) is 0 Å². The van der Waals surface area contributed by atoms with Crippen molar-refractivity contribution < 1.29 is 4.74 Å². The Morgan fingerprint density at radius 1 is 1.17 bits per heavy atom. The number of ether oxygens (including phenoxy) is 1. The summed E-state index contributed by atoms with van der Waals surface area (Å²) in [4.78, 5) is 5.46. The molecule has 0 spiro atoms. The molecule has 4 rings (SSSR count). The Bertz CT molecular complexity index is 1530. The molecule has 4 aromatic rings. The summed E-state index contributed by atoms with van der Waals surface area (Å²) in [6.07, 6.45) is 10.1. The topological polar surface area (TPSA) is 128 Å². The normalized spacial score (nSPS) is 11.6. The van der Waals surface area contributed by atoms with Crippen LogP contribution in [0, 0.1) is 16.2 Å². The predicted molar refractivity (Wildman–Crippen MR) is 145 cm³/mol. The third kappa shape index (κ3) is 5.23. The van der Waals surface area contributed by atoms with E-state index in [2.05, 4.69) is 15.4 Å². The second-order valence-electron chi connectivity index (χ2n) is 8.36. The van der Waals surface area contributed by atoms with Crippen molar-refractivity contribution in [3.63, 3.8) is 0 Å². The van der Waals surface area contributed by atoms with Crippen LogP contribution in [0.1, 0.15) is 19.4 Å². The van der Waals surface area contributed by atoms with Crippen molar-refractivity contribution >= 4 is 39.6 Å². The molecule has 3 aromatic heterocycles. The van der Waals surface area contributed by atoms with Crippen molar-refractivity contribution in [1.82, 2.24) is 24.6 Å². The lowest BCUT2D eigenvalue weighted by atomic mass is 10.1. The molecule has 0 aliphatic rings. The monoisotopic (exact) mass is 500 g/mol. The van der Waals surface area contributed by atoms with Gasteiger partial charge in [-0.2, -0.15) is 5.10 Å². The van der Waals surface area contributed by atoms with Crippen molar-refractivity contribution in [1.29, 1.82) is 16.2 Å². The van der Waals surface area contributed by atoms with Crippen LogP contribution in [0.25, 0.3) is 27.6 Å². The Labute approximate surface area is 213 Å². The summed E-state index contributed by atoms with van der Waals surface area (Å²) < 4.78 is 9.49. The first-order chi connectivity index (χ1) is 17.3. The smallest absolute Gasteiger partial charge is 0.171 e. The van der Waals surface area contributed by atoms with Crippen LogP contribution in [-0.2, 0) is 7.05 Å². The molecular formula is C26H28N8OS. The lowest BCUT2D eigenvalue weighted by Crippen LogP contribution is -2.24. The van der Waals surface area contributed by atoms with Crippen LogP contribution in [0.3, 0.4) is 0 Å². The molecule has 0 saturated carbocycles. The minimum absolute atomic E-state index is 0.0431. The molecule has 0 unspecified atom stereocenters. The van der Waals surface area contributed by atoms with E-state index in [1.807, 2.05) is 45.3 Å². The number of hydrogen-bond donors (Lipinski definition) is 4. The quantitative estimate of drug-likeness (QED) is 0.169. The summed E-state index contributed by atoms with van der Waals surface area (Å²) in [7, 11) is 3.63. The van der Waals surface area contributed by atoms with Crippen LogP contribution in [0.15, 0.2) is 66.2 Å². The number of pyridine rings is 2. The number of aromatic nitrogens is 4. The number of allylic oxidation sites excluding steroid dienone is 1. The highest BCUT2D eigenvalue weighted by Gasteiger charge is 2.16. The van der Waals surface area contributed by atoms with E-state index in [1.54, 1.807) is 48.7 Å².